The van der Waals surface area contributed by atoms with Crippen molar-refractivity contribution >= 4 is 22.9 Å². The number of likely N-dealkylation sites (tertiary alicyclic amines) is 1. The second-order valence-electron chi connectivity index (χ2n) is 6.79. The van der Waals surface area contributed by atoms with E-state index >= 15 is 0 Å². The Morgan fingerprint density at radius 3 is 2.96 bits per heavy atom. The molecule has 1 aliphatic rings. The molecule has 2 aromatic rings. The molecule has 7 heteroatoms. The number of amides is 2. The van der Waals surface area contributed by atoms with Crippen molar-refractivity contribution in [2.45, 2.75) is 19.9 Å². The molecule has 1 aromatic heterocycles. The first-order chi connectivity index (χ1) is 11.9. The summed E-state index contributed by atoms with van der Waals surface area (Å²) in [7, 11) is 3.93. The summed E-state index contributed by atoms with van der Waals surface area (Å²) >= 11 is 0. The Labute approximate surface area is 147 Å². The molecule has 0 saturated carbocycles. The molecule has 0 aliphatic carbocycles. The van der Waals surface area contributed by atoms with E-state index in [4.69, 9.17) is 4.42 Å². The Hall–Kier alpha value is -2.41. The molecule has 1 atom stereocenters. The fourth-order valence-corrected chi connectivity index (χ4v) is 3.00. The van der Waals surface area contributed by atoms with Crippen molar-refractivity contribution in [1.82, 2.24) is 20.1 Å². The summed E-state index contributed by atoms with van der Waals surface area (Å²) < 4.78 is 5.66. The Bertz CT molecular complexity index is 784. The highest BCUT2D eigenvalue weighted by atomic mass is 16.3. The highest BCUT2D eigenvalue weighted by molar-refractivity contribution is 5.89. The summed E-state index contributed by atoms with van der Waals surface area (Å²) in [5, 5.41) is 2.84. The van der Waals surface area contributed by atoms with Crippen molar-refractivity contribution in [1.29, 1.82) is 0 Å². The van der Waals surface area contributed by atoms with Crippen molar-refractivity contribution in [2.75, 3.05) is 33.7 Å². The van der Waals surface area contributed by atoms with E-state index in [9.17, 15) is 9.59 Å². The molecule has 2 amide bonds. The van der Waals surface area contributed by atoms with Crippen LogP contribution in [0.1, 0.15) is 17.9 Å². The van der Waals surface area contributed by atoms with Gasteiger partial charge < -0.3 is 19.5 Å². The minimum absolute atomic E-state index is 0.0412. The first-order valence-corrected chi connectivity index (χ1v) is 8.49. The zero-order chi connectivity index (χ0) is 18.0. The number of oxazole rings is 1. The number of hydrogen-bond donors (Lipinski definition) is 1. The average molecular weight is 344 g/mol. The Morgan fingerprint density at radius 2 is 2.24 bits per heavy atom. The lowest BCUT2D eigenvalue weighted by atomic mass is 10.1. The highest BCUT2D eigenvalue weighted by Gasteiger charge is 2.34. The van der Waals surface area contributed by atoms with Gasteiger partial charge in [-0.15, -0.1) is 0 Å². The van der Waals surface area contributed by atoms with Gasteiger partial charge in [0.05, 0.1) is 12.5 Å². The van der Waals surface area contributed by atoms with Gasteiger partial charge in [0.25, 0.3) is 0 Å². The summed E-state index contributed by atoms with van der Waals surface area (Å²) in [5.74, 6) is 0.0892. The summed E-state index contributed by atoms with van der Waals surface area (Å²) in [5.41, 5.74) is 2.57. The molecule has 25 heavy (non-hydrogen) atoms. The number of rotatable bonds is 6. The number of likely N-dealkylation sites (N-methyl/N-ethyl adjacent to an activating group) is 1. The highest BCUT2D eigenvalue weighted by Crippen LogP contribution is 2.20. The second kappa shape index (κ2) is 7.23. The molecule has 1 fully saturated rings. The lowest BCUT2D eigenvalue weighted by Crippen LogP contribution is -2.35. The van der Waals surface area contributed by atoms with E-state index in [1.165, 1.54) is 0 Å². The molecule has 1 N–H and O–H groups in total. The van der Waals surface area contributed by atoms with Gasteiger partial charge in [-0.25, -0.2) is 4.98 Å². The van der Waals surface area contributed by atoms with Crippen LogP contribution in [0, 0.1) is 12.8 Å². The van der Waals surface area contributed by atoms with Crippen LogP contribution >= 0.6 is 0 Å². The van der Waals surface area contributed by atoms with Gasteiger partial charge >= 0.3 is 0 Å². The molecule has 0 radical (unpaired) electrons. The molecular weight excluding hydrogens is 320 g/mol. The topological polar surface area (TPSA) is 78.7 Å². The van der Waals surface area contributed by atoms with Crippen molar-refractivity contribution in [3.63, 3.8) is 0 Å². The van der Waals surface area contributed by atoms with E-state index in [0.29, 0.717) is 19.0 Å². The largest absolute Gasteiger partial charge is 0.439 e. The predicted molar refractivity (Wildman–Crippen MR) is 93.8 cm³/mol. The van der Waals surface area contributed by atoms with E-state index in [1.807, 2.05) is 44.1 Å². The third kappa shape index (κ3) is 3.99. The van der Waals surface area contributed by atoms with Gasteiger partial charge in [0.2, 0.25) is 17.7 Å². The molecule has 0 spiro atoms. The van der Waals surface area contributed by atoms with Crippen LogP contribution < -0.4 is 5.32 Å². The Balaban J connectivity index is 1.55. The minimum atomic E-state index is -0.305. The molecular formula is C18H24N4O3. The molecule has 1 aromatic carbocycles. The molecule has 1 saturated heterocycles. The molecule has 1 unspecified atom stereocenters. The molecule has 2 heterocycles. The number of nitrogens with zero attached hydrogens (tertiary/aromatic N) is 3. The van der Waals surface area contributed by atoms with E-state index in [-0.39, 0.29) is 30.7 Å². The van der Waals surface area contributed by atoms with Gasteiger partial charge in [0.1, 0.15) is 5.52 Å². The smallest absolute Gasteiger partial charge is 0.225 e. The number of benzene rings is 1. The van der Waals surface area contributed by atoms with Crippen molar-refractivity contribution in [3.05, 3.63) is 29.7 Å². The number of hydrogen-bond acceptors (Lipinski definition) is 5. The van der Waals surface area contributed by atoms with E-state index in [0.717, 1.165) is 23.2 Å². The number of fused-ring (bicyclic) bond motifs is 1. The molecule has 0 bridgehead atoms. The van der Waals surface area contributed by atoms with Crippen LogP contribution in [0.3, 0.4) is 0 Å². The monoisotopic (exact) mass is 344 g/mol. The van der Waals surface area contributed by atoms with Crippen LogP contribution in [0.25, 0.3) is 11.1 Å². The Morgan fingerprint density at radius 1 is 1.44 bits per heavy atom. The van der Waals surface area contributed by atoms with Gasteiger partial charge in [-0.3, -0.25) is 9.59 Å². The van der Waals surface area contributed by atoms with Crippen molar-refractivity contribution in [3.8, 4) is 0 Å². The molecule has 1 aliphatic heterocycles. The van der Waals surface area contributed by atoms with Crippen LogP contribution in [0.5, 0.6) is 0 Å². The lowest BCUT2D eigenvalue weighted by Gasteiger charge is -2.19. The van der Waals surface area contributed by atoms with E-state index in [2.05, 4.69) is 10.3 Å². The fourth-order valence-electron chi connectivity index (χ4n) is 3.00. The minimum Gasteiger partial charge on any atom is -0.439 e. The number of para-hydroxylation sites is 1. The van der Waals surface area contributed by atoms with Crippen LogP contribution in [-0.4, -0.2) is 60.3 Å². The first kappa shape index (κ1) is 17.4. The number of carbonyl (C=O) groups is 2. The average Bonchev–Trinajstić information content (AvgIpc) is 3.15. The summed E-state index contributed by atoms with van der Waals surface area (Å²) in [6, 6.07) is 5.75. The van der Waals surface area contributed by atoms with Crippen LogP contribution in [0.2, 0.25) is 0 Å². The number of aryl methyl sites for hydroxylation is 1. The predicted octanol–water partition coefficient (Wildman–Crippen LogP) is 1.16. The van der Waals surface area contributed by atoms with Crippen LogP contribution in [0.4, 0.5) is 0 Å². The maximum absolute atomic E-state index is 12.4. The maximum Gasteiger partial charge on any atom is 0.225 e. The second-order valence-corrected chi connectivity index (χ2v) is 6.79. The van der Waals surface area contributed by atoms with E-state index in [1.54, 1.807) is 4.90 Å². The normalized spacial score (nSPS) is 17.7. The maximum atomic E-state index is 12.4. The Kier molecular flexibility index (Phi) is 5.03. The zero-order valence-electron chi connectivity index (χ0n) is 14.9. The molecule has 7 nitrogen and oxygen atoms in total. The van der Waals surface area contributed by atoms with Gasteiger partial charge in [-0.2, -0.15) is 0 Å². The van der Waals surface area contributed by atoms with Crippen LogP contribution in [-0.2, 0) is 16.1 Å². The number of carbonyl (C=O) groups excluding carboxylic acids is 2. The standard InChI is InChI=1S/C18H24N4O3/c1-12-5-4-6-14-17(12)20-15(25-14)10-19-18(24)13-9-16(23)22(11-13)8-7-21(2)3/h4-6,13H,7-11H2,1-3H3,(H,19,24). The quantitative estimate of drug-likeness (QED) is 0.851. The van der Waals surface area contributed by atoms with Gasteiger partial charge in [0, 0.05) is 26.1 Å². The van der Waals surface area contributed by atoms with Gasteiger partial charge in [0.15, 0.2) is 5.58 Å². The third-order valence-corrected chi connectivity index (χ3v) is 4.48. The summed E-state index contributed by atoms with van der Waals surface area (Å²) in [6.07, 6.45) is 0.270. The first-order valence-electron chi connectivity index (χ1n) is 8.49. The van der Waals surface area contributed by atoms with Gasteiger partial charge in [-0.05, 0) is 32.6 Å². The molecule has 3 rings (SSSR count). The number of nitrogens with one attached hydrogen (secondary N) is 1. The summed E-state index contributed by atoms with van der Waals surface area (Å²) in [6.45, 7) is 4.13. The lowest BCUT2D eigenvalue weighted by molar-refractivity contribution is -0.129. The zero-order valence-corrected chi connectivity index (χ0v) is 14.9. The SMILES string of the molecule is Cc1cccc2oc(CNC(=O)C3CC(=O)N(CCN(C)C)C3)nc12. The van der Waals surface area contributed by atoms with Crippen LogP contribution in [0.15, 0.2) is 22.6 Å². The molecule has 134 valence electrons. The van der Waals surface area contributed by atoms with E-state index < -0.39 is 0 Å². The summed E-state index contributed by atoms with van der Waals surface area (Å²) in [4.78, 5) is 32.6. The van der Waals surface area contributed by atoms with Crippen molar-refractivity contribution < 1.29 is 14.0 Å². The fraction of sp³-hybridized carbons (Fsp3) is 0.500. The van der Waals surface area contributed by atoms with Crippen molar-refractivity contribution in [2.24, 2.45) is 5.92 Å². The van der Waals surface area contributed by atoms with Gasteiger partial charge in [-0.1, -0.05) is 12.1 Å². The third-order valence-electron chi connectivity index (χ3n) is 4.48. The number of aromatic nitrogens is 1.